The summed E-state index contributed by atoms with van der Waals surface area (Å²) >= 11 is 0. The number of benzene rings is 1. The molecule has 2 aliphatic heterocycles. The van der Waals surface area contributed by atoms with Crippen molar-refractivity contribution in [3.63, 3.8) is 0 Å². The van der Waals surface area contributed by atoms with Crippen LogP contribution in [0, 0.1) is 6.92 Å². The number of amides is 5. The third-order valence-electron chi connectivity index (χ3n) is 8.48. The SMILES string of the molecule is Cc1ccc2c(OCC(=O)N3C[C@@H](O)C[C@H]3C(=O)NC3CCC3)cc(C(=O)N[C@@H](CF)C(=O)N3CCN(C(=O)O)CC3)nc2c1. The molecule has 242 valence electrons. The second kappa shape index (κ2) is 13.6. The lowest BCUT2D eigenvalue weighted by Gasteiger charge is -2.34. The van der Waals surface area contributed by atoms with Gasteiger partial charge in [-0.1, -0.05) is 6.07 Å². The Bertz CT molecular complexity index is 1480. The van der Waals surface area contributed by atoms with E-state index in [0.717, 1.165) is 29.7 Å². The Labute approximate surface area is 258 Å². The first-order chi connectivity index (χ1) is 21.5. The van der Waals surface area contributed by atoms with Gasteiger partial charge in [0.05, 0.1) is 11.6 Å². The largest absolute Gasteiger partial charge is 0.483 e. The molecular formula is C30H37FN6O8. The van der Waals surface area contributed by atoms with E-state index >= 15 is 0 Å². The third-order valence-corrected chi connectivity index (χ3v) is 8.48. The van der Waals surface area contributed by atoms with Crippen LogP contribution in [-0.2, 0) is 14.4 Å². The highest BCUT2D eigenvalue weighted by molar-refractivity contribution is 5.99. The zero-order chi connectivity index (χ0) is 32.2. The van der Waals surface area contributed by atoms with Crippen LogP contribution in [0.2, 0.25) is 0 Å². The van der Waals surface area contributed by atoms with E-state index in [0.29, 0.717) is 10.9 Å². The molecule has 3 fully saturated rings. The molecule has 1 aromatic carbocycles. The lowest BCUT2D eigenvalue weighted by Crippen LogP contribution is -2.56. The molecule has 14 nitrogen and oxygen atoms in total. The van der Waals surface area contributed by atoms with Crippen LogP contribution in [0.5, 0.6) is 5.75 Å². The number of alkyl halides is 1. The maximum absolute atomic E-state index is 14.0. The predicted octanol–water partition coefficient (Wildman–Crippen LogP) is 0.443. The zero-order valence-electron chi connectivity index (χ0n) is 24.9. The average molecular weight is 629 g/mol. The fraction of sp³-hybridized carbons (Fsp3) is 0.533. The number of nitrogens with zero attached hydrogens (tertiary/aromatic N) is 4. The molecule has 45 heavy (non-hydrogen) atoms. The lowest BCUT2D eigenvalue weighted by atomic mass is 9.93. The lowest BCUT2D eigenvalue weighted by molar-refractivity contribution is -0.140. The second-order valence-corrected chi connectivity index (χ2v) is 11.7. The zero-order valence-corrected chi connectivity index (χ0v) is 24.9. The Hall–Kier alpha value is -4.53. The number of carboxylic acid groups (broad SMARTS) is 1. The summed E-state index contributed by atoms with van der Waals surface area (Å²) in [5.74, 6) is -2.21. The van der Waals surface area contributed by atoms with Gasteiger partial charge < -0.3 is 40.3 Å². The first-order valence-corrected chi connectivity index (χ1v) is 15.0. The van der Waals surface area contributed by atoms with Crippen LogP contribution in [0.4, 0.5) is 9.18 Å². The number of aliphatic hydroxyl groups is 1. The number of hydrogen-bond donors (Lipinski definition) is 4. The van der Waals surface area contributed by atoms with E-state index < -0.39 is 55.3 Å². The van der Waals surface area contributed by atoms with Crippen LogP contribution in [0.1, 0.15) is 41.7 Å². The smallest absolute Gasteiger partial charge is 0.407 e. The minimum absolute atomic E-state index is 0.0150. The first kappa shape index (κ1) is 31.9. The molecule has 0 unspecified atom stereocenters. The number of aromatic nitrogens is 1. The van der Waals surface area contributed by atoms with E-state index in [1.807, 2.05) is 6.92 Å². The molecule has 1 aromatic heterocycles. The highest BCUT2D eigenvalue weighted by Crippen LogP contribution is 2.28. The number of fused-ring (bicyclic) bond motifs is 1. The fourth-order valence-electron chi connectivity index (χ4n) is 5.69. The van der Waals surface area contributed by atoms with Crippen molar-refractivity contribution >= 4 is 40.6 Å². The van der Waals surface area contributed by atoms with Crippen LogP contribution >= 0.6 is 0 Å². The van der Waals surface area contributed by atoms with Gasteiger partial charge in [0, 0.05) is 56.6 Å². The standard InChI is InChI=1S/C30H37FN6O8/c1-17-5-6-20-21(11-17)33-22(27(40)34-23(14-31)29(42)35-7-9-36(10-8-35)30(43)44)13-25(20)45-16-26(39)37-15-19(38)12-24(37)28(41)32-18-3-2-4-18/h5-6,11,13,18-19,23-24,38H,2-4,7-10,12,14-16H2,1H3,(H,32,41)(H,34,40)(H,43,44)/t19-,23-,24-/m0/s1. The van der Waals surface area contributed by atoms with Crippen molar-refractivity contribution in [2.75, 3.05) is 46.0 Å². The number of rotatable bonds is 9. The van der Waals surface area contributed by atoms with Crippen molar-refractivity contribution in [3.05, 3.63) is 35.5 Å². The van der Waals surface area contributed by atoms with Gasteiger partial charge in [0.25, 0.3) is 11.8 Å². The molecule has 0 bridgehead atoms. The summed E-state index contributed by atoms with van der Waals surface area (Å²) in [6, 6.07) is 4.27. The number of aliphatic hydroxyl groups excluding tert-OH is 1. The van der Waals surface area contributed by atoms with E-state index in [4.69, 9.17) is 9.84 Å². The molecule has 4 N–H and O–H groups in total. The van der Waals surface area contributed by atoms with Crippen LogP contribution in [-0.4, -0.2) is 130 Å². The van der Waals surface area contributed by atoms with Gasteiger partial charge in [-0.25, -0.2) is 14.2 Å². The highest BCUT2D eigenvalue weighted by atomic mass is 19.1. The van der Waals surface area contributed by atoms with Crippen molar-refractivity contribution in [1.82, 2.24) is 30.3 Å². The molecule has 1 aliphatic carbocycles. The summed E-state index contributed by atoms with van der Waals surface area (Å²) in [7, 11) is 0. The number of carbonyl (C=O) groups is 5. The summed E-state index contributed by atoms with van der Waals surface area (Å²) in [4.78, 5) is 71.5. The monoisotopic (exact) mass is 628 g/mol. The van der Waals surface area contributed by atoms with Gasteiger partial charge in [0.1, 0.15) is 30.2 Å². The maximum atomic E-state index is 14.0. The minimum atomic E-state index is -1.51. The van der Waals surface area contributed by atoms with Crippen molar-refractivity contribution in [2.45, 2.75) is 56.8 Å². The van der Waals surface area contributed by atoms with Crippen molar-refractivity contribution < 1.29 is 43.3 Å². The van der Waals surface area contributed by atoms with Gasteiger partial charge in [0.15, 0.2) is 6.61 Å². The molecule has 2 aromatic rings. The van der Waals surface area contributed by atoms with Crippen LogP contribution in [0.25, 0.3) is 10.9 Å². The van der Waals surface area contributed by atoms with E-state index in [2.05, 4.69) is 15.6 Å². The Morgan fingerprint density at radius 3 is 2.44 bits per heavy atom. The van der Waals surface area contributed by atoms with Gasteiger partial charge in [0.2, 0.25) is 11.8 Å². The maximum Gasteiger partial charge on any atom is 0.407 e. The molecule has 3 aliphatic rings. The number of nitrogens with one attached hydrogen (secondary N) is 2. The van der Waals surface area contributed by atoms with Crippen LogP contribution < -0.4 is 15.4 Å². The Morgan fingerprint density at radius 2 is 1.80 bits per heavy atom. The van der Waals surface area contributed by atoms with Gasteiger partial charge in [-0.15, -0.1) is 0 Å². The second-order valence-electron chi connectivity index (χ2n) is 11.7. The van der Waals surface area contributed by atoms with Gasteiger partial charge in [-0.05, 0) is 43.9 Å². The Morgan fingerprint density at radius 1 is 1.09 bits per heavy atom. The minimum Gasteiger partial charge on any atom is -0.483 e. The molecule has 0 radical (unpaired) electrons. The summed E-state index contributed by atoms with van der Waals surface area (Å²) in [5, 5.41) is 25.2. The number of β-amino-alcohol motifs (C(OH)–C–C–N with tert-alkyl or cyclic N) is 1. The average Bonchev–Trinajstić information content (AvgIpc) is 3.41. The number of piperazine rings is 1. The van der Waals surface area contributed by atoms with Crippen molar-refractivity contribution in [2.24, 2.45) is 0 Å². The van der Waals surface area contributed by atoms with E-state index in [1.165, 1.54) is 15.9 Å². The van der Waals surface area contributed by atoms with E-state index in [1.54, 1.807) is 18.2 Å². The number of pyridine rings is 1. The quantitative estimate of drug-likeness (QED) is 0.306. The van der Waals surface area contributed by atoms with Gasteiger partial charge in [-0.2, -0.15) is 0 Å². The van der Waals surface area contributed by atoms with Crippen LogP contribution in [0.15, 0.2) is 24.3 Å². The van der Waals surface area contributed by atoms with E-state index in [9.17, 15) is 33.5 Å². The molecular weight excluding hydrogens is 591 g/mol. The predicted molar refractivity (Wildman–Crippen MR) is 157 cm³/mol. The fourth-order valence-corrected chi connectivity index (χ4v) is 5.69. The number of hydrogen-bond acceptors (Lipinski definition) is 8. The summed E-state index contributed by atoms with van der Waals surface area (Å²) < 4.78 is 19.9. The molecule has 5 amide bonds. The number of ether oxygens (including phenoxy) is 1. The molecule has 3 atom stereocenters. The topological polar surface area (TPSA) is 182 Å². The number of aryl methyl sites for hydroxylation is 1. The first-order valence-electron chi connectivity index (χ1n) is 15.0. The Kier molecular flexibility index (Phi) is 9.65. The van der Waals surface area contributed by atoms with Gasteiger partial charge in [-0.3, -0.25) is 19.2 Å². The third kappa shape index (κ3) is 7.24. The number of carbonyl (C=O) groups excluding carboxylic acids is 4. The molecule has 2 saturated heterocycles. The van der Waals surface area contributed by atoms with Crippen LogP contribution in [0.3, 0.4) is 0 Å². The van der Waals surface area contributed by atoms with E-state index in [-0.39, 0.29) is 62.5 Å². The normalized spacial score (nSPS) is 20.8. The Balaban J connectivity index is 1.29. The number of halogens is 1. The molecule has 5 rings (SSSR count). The van der Waals surface area contributed by atoms with Crippen molar-refractivity contribution in [3.8, 4) is 5.75 Å². The molecule has 0 spiro atoms. The highest BCUT2D eigenvalue weighted by Gasteiger charge is 2.40. The molecule has 3 heterocycles. The molecule has 1 saturated carbocycles. The summed E-state index contributed by atoms with van der Waals surface area (Å²) in [6.07, 6.45) is 0.958. The van der Waals surface area contributed by atoms with Gasteiger partial charge >= 0.3 is 6.09 Å². The summed E-state index contributed by atoms with van der Waals surface area (Å²) in [5.41, 5.74) is 1.03. The molecule has 15 heteroatoms. The number of likely N-dealkylation sites (tertiary alicyclic amines) is 1. The van der Waals surface area contributed by atoms with Crippen molar-refractivity contribution in [1.29, 1.82) is 0 Å². The summed E-state index contributed by atoms with van der Waals surface area (Å²) in [6.45, 7) is 0.407.